The number of hydrogen-bond donors (Lipinski definition) is 0. The number of rotatable bonds is 0. The summed E-state index contributed by atoms with van der Waals surface area (Å²) >= 11 is 11.1. The zero-order valence-corrected chi connectivity index (χ0v) is 9.97. The monoisotopic (exact) mass is 214 g/mol. The Hall–Kier alpha value is 0.270. The summed E-state index contributed by atoms with van der Waals surface area (Å²) in [6, 6.07) is 7.08. The van der Waals surface area contributed by atoms with Crippen molar-refractivity contribution in [3.63, 3.8) is 0 Å². The number of carboxylic acid groups (broad SMARTS) is 1. The molecule has 60 valence electrons. The van der Waals surface area contributed by atoms with E-state index in [9.17, 15) is 0 Å². The third-order valence-corrected chi connectivity index (χ3v) is 1.26. The van der Waals surface area contributed by atoms with Gasteiger partial charge in [-0.3, -0.25) is 0 Å². The van der Waals surface area contributed by atoms with Crippen LogP contribution < -0.4 is 34.7 Å². The van der Waals surface area contributed by atoms with Gasteiger partial charge in [0.15, 0.2) is 0 Å². The van der Waals surface area contributed by atoms with E-state index in [0.29, 0.717) is 10.0 Å². The minimum atomic E-state index is -0.500. The van der Waals surface area contributed by atoms with E-state index >= 15 is 0 Å². The second-order valence-corrected chi connectivity index (χ2v) is 2.41. The minimum absolute atomic E-state index is 0. The van der Waals surface area contributed by atoms with E-state index < -0.39 is 6.47 Å². The number of benzene rings is 1. The third kappa shape index (κ3) is 8.37. The molecule has 1 rings (SSSR count). The quantitative estimate of drug-likeness (QED) is 0.384. The fourth-order valence-electron chi connectivity index (χ4n) is 0.460. The van der Waals surface area contributed by atoms with Gasteiger partial charge in [0.05, 0.1) is 0 Å². The summed E-state index contributed by atoms with van der Waals surface area (Å²) < 4.78 is 0. The molecule has 0 unspecified atom stereocenters. The Morgan fingerprint density at radius 2 is 1.58 bits per heavy atom. The Bertz CT molecular complexity index is 213. The molecule has 0 N–H and O–H groups in total. The first-order valence-corrected chi connectivity index (χ1v) is 3.43. The topological polar surface area (TPSA) is 40.1 Å². The van der Waals surface area contributed by atoms with E-state index in [4.69, 9.17) is 33.1 Å². The molecule has 0 aromatic heterocycles. The summed E-state index contributed by atoms with van der Waals surface area (Å²) in [5, 5.41) is 9.61. The average molecular weight is 215 g/mol. The van der Waals surface area contributed by atoms with Crippen molar-refractivity contribution in [2.75, 3.05) is 0 Å². The molecule has 0 aliphatic heterocycles. The minimum Gasteiger partial charge on any atom is -0.554 e. The molecule has 0 amide bonds. The van der Waals surface area contributed by atoms with Gasteiger partial charge in [0.1, 0.15) is 0 Å². The molecule has 0 saturated carbocycles. The van der Waals surface area contributed by atoms with Crippen molar-refractivity contribution in [3.05, 3.63) is 34.3 Å². The predicted molar refractivity (Wildman–Crippen MR) is 42.5 cm³/mol. The van der Waals surface area contributed by atoms with Crippen LogP contribution in [0.15, 0.2) is 24.3 Å². The van der Waals surface area contributed by atoms with Gasteiger partial charge < -0.3 is 9.90 Å². The smallest absolute Gasteiger partial charge is 0.554 e. The Labute approximate surface area is 103 Å². The Morgan fingerprint density at radius 1 is 1.25 bits per heavy atom. The van der Waals surface area contributed by atoms with Gasteiger partial charge in [-0.15, -0.1) is 0 Å². The summed E-state index contributed by atoms with van der Waals surface area (Å²) in [4.78, 5) is 8.25. The fourth-order valence-corrected chi connectivity index (χ4v) is 0.896. The van der Waals surface area contributed by atoms with Crippen molar-refractivity contribution in [2.24, 2.45) is 0 Å². The van der Waals surface area contributed by atoms with Gasteiger partial charge >= 0.3 is 29.6 Å². The molecule has 5 heteroatoms. The standard InChI is InChI=1S/C6H4Cl2.CH2O2.Na/c7-5-2-1-3-6(8)4-5;2-1-3;/h1-4H;1H,(H,2,3);/q;;+1/p-1. The first-order valence-electron chi connectivity index (χ1n) is 2.67. The van der Waals surface area contributed by atoms with Crippen LogP contribution in [0.25, 0.3) is 0 Å². The molecule has 0 heterocycles. The van der Waals surface area contributed by atoms with Gasteiger partial charge in [-0.2, -0.15) is 0 Å². The Morgan fingerprint density at radius 3 is 1.75 bits per heavy atom. The fraction of sp³-hybridized carbons (Fsp3) is 0. The molecule has 0 bridgehead atoms. The van der Waals surface area contributed by atoms with Crippen LogP contribution in [0.2, 0.25) is 10.0 Å². The summed E-state index contributed by atoms with van der Waals surface area (Å²) in [5.41, 5.74) is 0. The molecule has 12 heavy (non-hydrogen) atoms. The van der Waals surface area contributed by atoms with Gasteiger partial charge in [0, 0.05) is 16.5 Å². The zero-order valence-electron chi connectivity index (χ0n) is 6.46. The summed E-state index contributed by atoms with van der Waals surface area (Å²) in [6.07, 6.45) is 0. The van der Waals surface area contributed by atoms with Crippen molar-refractivity contribution < 1.29 is 39.5 Å². The van der Waals surface area contributed by atoms with Crippen LogP contribution in [0.5, 0.6) is 0 Å². The Balaban J connectivity index is 0. The first-order chi connectivity index (χ1) is 5.20. The maximum Gasteiger partial charge on any atom is 1.00 e. The summed E-state index contributed by atoms with van der Waals surface area (Å²) in [6.45, 7) is -0.500. The van der Waals surface area contributed by atoms with Gasteiger partial charge in [0.25, 0.3) is 0 Å². The van der Waals surface area contributed by atoms with Crippen molar-refractivity contribution in [2.45, 2.75) is 0 Å². The van der Waals surface area contributed by atoms with Gasteiger partial charge in [-0.25, -0.2) is 0 Å². The van der Waals surface area contributed by atoms with E-state index in [0.717, 1.165) is 0 Å². The number of carbonyl (C=O) groups excluding carboxylic acids is 1. The summed E-state index contributed by atoms with van der Waals surface area (Å²) in [5.74, 6) is 0. The molecule has 0 aliphatic rings. The molecule has 0 aliphatic carbocycles. The van der Waals surface area contributed by atoms with Crippen LogP contribution in [0.3, 0.4) is 0 Å². The zero-order chi connectivity index (χ0) is 8.69. The second kappa shape index (κ2) is 9.36. The molecule has 2 nitrogen and oxygen atoms in total. The molecular weight excluding hydrogens is 210 g/mol. The molecule has 0 spiro atoms. The third-order valence-electron chi connectivity index (χ3n) is 0.787. The largest absolute Gasteiger partial charge is 1.00 e. The molecule has 0 saturated heterocycles. The van der Waals surface area contributed by atoms with Crippen LogP contribution in [-0.2, 0) is 4.79 Å². The van der Waals surface area contributed by atoms with Gasteiger partial charge in [-0.05, 0) is 18.2 Å². The van der Waals surface area contributed by atoms with E-state index in [1.807, 2.05) is 6.07 Å². The molecule has 0 fully saturated rings. The molecule has 0 atom stereocenters. The molecular formula is C7H5Cl2NaO2. The van der Waals surface area contributed by atoms with E-state index in [1.165, 1.54) is 0 Å². The number of halogens is 2. The molecule has 1 aromatic rings. The molecule has 1 aromatic carbocycles. The van der Waals surface area contributed by atoms with Crippen LogP contribution in [0, 0.1) is 0 Å². The van der Waals surface area contributed by atoms with E-state index in [2.05, 4.69) is 0 Å². The Kier molecular flexibility index (Phi) is 11.5. The van der Waals surface area contributed by atoms with Gasteiger partial charge in [-0.1, -0.05) is 29.3 Å². The first kappa shape index (κ1) is 14.8. The van der Waals surface area contributed by atoms with Crippen LogP contribution >= 0.6 is 23.2 Å². The predicted octanol–water partition coefficient (Wildman–Crippen LogP) is -1.64. The van der Waals surface area contributed by atoms with Crippen molar-refractivity contribution in [1.29, 1.82) is 0 Å². The van der Waals surface area contributed by atoms with Crippen LogP contribution in [0.1, 0.15) is 0 Å². The van der Waals surface area contributed by atoms with Crippen molar-refractivity contribution in [1.82, 2.24) is 0 Å². The van der Waals surface area contributed by atoms with Crippen molar-refractivity contribution >= 4 is 29.7 Å². The second-order valence-electron chi connectivity index (χ2n) is 1.54. The van der Waals surface area contributed by atoms with Crippen LogP contribution in [-0.4, -0.2) is 6.47 Å². The normalized spacial score (nSPS) is 7.17. The maximum atomic E-state index is 8.25. The maximum absolute atomic E-state index is 8.25. The SMILES string of the molecule is Clc1cccc(Cl)c1.O=C[O-].[Na+]. The molecule has 0 radical (unpaired) electrons. The average Bonchev–Trinajstić information content (AvgIpc) is 1.88. The van der Waals surface area contributed by atoms with E-state index in [1.54, 1.807) is 18.2 Å². The number of hydrogen-bond acceptors (Lipinski definition) is 2. The van der Waals surface area contributed by atoms with Crippen LogP contribution in [0.4, 0.5) is 0 Å². The van der Waals surface area contributed by atoms with Gasteiger partial charge in [0.2, 0.25) is 0 Å². The van der Waals surface area contributed by atoms with E-state index in [-0.39, 0.29) is 29.6 Å². The van der Waals surface area contributed by atoms with Crippen molar-refractivity contribution in [3.8, 4) is 0 Å². The number of carbonyl (C=O) groups is 1. The summed E-state index contributed by atoms with van der Waals surface area (Å²) in [7, 11) is 0.